The van der Waals surface area contributed by atoms with Gasteiger partial charge in [-0.2, -0.15) is 0 Å². The van der Waals surface area contributed by atoms with Crippen molar-refractivity contribution in [3.63, 3.8) is 0 Å². The van der Waals surface area contributed by atoms with E-state index in [0.29, 0.717) is 18.3 Å². The SMILES string of the molecule is I.NC(=NCCN1CCc2c(Cl)cccc2C1)Nc1ccccn1. The molecule has 3 rings (SSSR count). The largest absolute Gasteiger partial charge is 0.370 e. The van der Waals surface area contributed by atoms with Gasteiger partial charge < -0.3 is 11.1 Å². The van der Waals surface area contributed by atoms with Crippen LogP contribution >= 0.6 is 35.6 Å². The fourth-order valence-corrected chi connectivity index (χ4v) is 3.02. The Labute approximate surface area is 164 Å². The van der Waals surface area contributed by atoms with Gasteiger partial charge in [0.2, 0.25) is 0 Å². The van der Waals surface area contributed by atoms with Crippen LogP contribution in [0.5, 0.6) is 0 Å². The van der Waals surface area contributed by atoms with Gasteiger partial charge in [0.25, 0.3) is 0 Å². The topological polar surface area (TPSA) is 66.5 Å². The maximum atomic E-state index is 6.24. The lowest BCUT2D eigenvalue weighted by molar-refractivity contribution is 0.262. The lowest BCUT2D eigenvalue weighted by Crippen LogP contribution is -2.33. The second-order valence-electron chi connectivity index (χ2n) is 5.51. The van der Waals surface area contributed by atoms with Gasteiger partial charge in [0.15, 0.2) is 5.96 Å². The number of hydrogen-bond acceptors (Lipinski definition) is 3. The molecule has 2 heterocycles. The molecule has 0 fully saturated rings. The van der Waals surface area contributed by atoms with Gasteiger partial charge in [-0.1, -0.05) is 29.8 Å². The minimum atomic E-state index is 0. The standard InChI is InChI=1S/C17H20ClN5.HI/c18-15-5-3-4-13-12-23(10-7-14(13)15)11-9-21-17(19)22-16-6-1-2-8-20-16;/h1-6,8H,7,9-12H2,(H3,19,20,21,22);1H. The summed E-state index contributed by atoms with van der Waals surface area (Å²) in [5.74, 6) is 1.10. The summed E-state index contributed by atoms with van der Waals surface area (Å²) in [5.41, 5.74) is 8.48. The van der Waals surface area contributed by atoms with Crippen molar-refractivity contribution >= 4 is 47.4 Å². The second kappa shape index (κ2) is 9.19. The number of nitrogens with two attached hydrogens (primary N) is 1. The summed E-state index contributed by atoms with van der Waals surface area (Å²) in [7, 11) is 0. The lowest BCUT2D eigenvalue weighted by atomic mass is 10.00. The first kappa shape index (κ1) is 19.0. The Morgan fingerprint density at radius 2 is 2.17 bits per heavy atom. The van der Waals surface area contributed by atoms with Crippen LogP contribution in [0.1, 0.15) is 11.1 Å². The van der Waals surface area contributed by atoms with Gasteiger partial charge in [0.1, 0.15) is 5.82 Å². The van der Waals surface area contributed by atoms with E-state index in [0.717, 1.165) is 31.1 Å². The normalized spacial score (nSPS) is 14.6. The van der Waals surface area contributed by atoms with Crippen LogP contribution in [0.3, 0.4) is 0 Å². The third-order valence-electron chi connectivity index (χ3n) is 3.91. The molecule has 2 aromatic rings. The first-order valence-electron chi connectivity index (χ1n) is 7.69. The van der Waals surface area contributed by atoms with Crippen LogP contribution in [-0.4, -0.2) is 35.5 Å². The molecule has 0 unspecified atom stereocenters. The van der Waals surface area contributed by atoms with Crippen LogP contribution in [0, 0.1) is 0 Å². The predicted molar refractivity (Wildman–Crippen MR) is 110 cm³/mol. The van der Waals surface area contributed by atoms with Gasteiger partial charge in [-0.25, -0.2) is 4.98 Å². The molecule has 1 aliphatic rings. The Balaban J connectivity index is 0.00000208. The number of hydrogen-bond donors (Lipinski definition) is 2. The molecule has 7 heteroatoms. The van der Waals surface area contributed by atoms with Crippen LogP contribution in [0.2, 0.25) is 5.02 Å². The van der Waals surface area contributed by atoms with Gasteiger partial charge in [0, 0.05) is 30.9 Å². The zero-order chi connectivity index (χ0) is 16.1. The number of rotatable bonds is 4. The van der Waals surface area contributed by atoms with E-state index in [-0.39, 0.29) is 24.0 Å². The van der Waals surface area contributed by atoms with Crippen molar-refractivity contribution in [2.75, 3.05) is 25.0 Å². The number of guanidine groups is 1. The molecule has 0 bridgehead atoms. The minimum Gasteiger partial charge on any atom is -0.370 e. The molecule has 128 valence electrons. The van der Waals surface area contributed by atoms with Crippen LogP contribution in [0.15, 0.2) is 47.6 Å². The van der Waals surface area contributed by atoms with E-state index in [1.807, 2.05) is 30.3 Å². The van der Waals surface area contributed by atoms with Crippen molar-refractivity contribution in [3.05, 3.63) is 58.7 Å². The molecule has 5 nitrogen and oxygen atoms in total. The van der Waals surface area contributed by atoms with E-state index in [4.69, 9.17) is 17.3 Å². The third-order valence-corrected chi connectivity index (χ3v) is 4.26. The van der Waals surface area contributed by atoms with Crippen LogP contribution in [0.4, 0.5) is 5.82 Å². The van der Waals surface area contributed by atoms with Crippen molar-refractivity contribution in [3.8, 4) is 0 Å². The van der Waals surface area contributed by atoms with Gasteiger partial charge in [-0.05, 0) is 35.7 Å². The fraction of sp³-hybridized carbons (Fsp3) is 0.294. The molecule has 1 aromatic heterocycles. The number of benzene rings is 1. The van der Waals surface area contributed by atoms with Crippen molar-refractivity contribution in [1.82, 2.24) is 9.88 Å². The van der Waals surface area contributed by atoms with Crippen LogP contribution in [-0.2, 0) is 13.0 Å². The van der Waals surface area contributed by atoms with Gasteiger partial charge in [0.05, 0.1) is 6.54 Å². The second-order valence-corrected chi connectivity index (χ2v) is 5.92. The van der Waals surface area contributed by atoms with E-state index >= 15 is 0 Å². The van der Waals surface area contributed by atoms with E-state index in [9.17, 15) is 0 Å². The summed E-state index contributed by atoms with van der Waals surface area (Å²) in [6.45, 7) is 3.44. The summed E-state index contributed by atoms with van der Waals surface area (Å²) in [6, 6.07) is 11.7. The molecule has 24 heavy (non-hydrogen) atoms. The van der Waals surface area contributed by atoms with Gasteiger partial charge in [-0.3, -0.25) is 9.89 Å². The summed E-state index contributed by atoms with van der Waals surface area (Å²) < 4.78 is 0. The molecular formula is C17H21ClIN5. The third kappa shape index (κ3) is 5.06. The first-order valence-corrected chi connectivity index (χ1v) is 8.07. The summed E-state index contributed by atoms with van der Waals surface area (Å²) >= 11 is 6.24. The van der Waals surface area contributed by atoms with Crippen molar-refractivity contribution in [2.24, 2.45) is 10.7 Å². The molecule has 1 aromatic carbocycles. The molecule has 1 aliphatic heterocycles. The Morgan fingerprint density at radius 3 is 2.96 bits per heavy atom. The predicted octanol–water partition coefficient (Wildman–Crippen LogP) is 3.14. The number of pyridine rings is 1. The van der Waals surface area contributed by atoms with Crippen molar-refractivity contribution < 1.29 is 0 Å². The van der Waals surface area contributed by atoms with Gasteiger partial charge in [-0.15, -0.1) is 24.0 Å². The number of nitrogens with zero attached hydrogens (tertiary/aromatic N) is 3. The smallest absolute Gasteiger partial charge is 0.194 e. The maximum Gasteiger partial charge on any atom is 0.194 e. The number of aliphatic imine (C=N–C) groups is 1. The summed E-state index contributed by atoms with van der Waals surface area (Å²) in [4.78, 5) is 10.9. The molecule has 0 aliphatic carbocycles. The zero-order valence-corrected chi connectivity index (χ0v) is 16.4. The Hall–Kier alpha value is -1.38. The summed E-state index contributed by atoms with van der Waals surface area (Å²) in [6.07, 6.45) is 2.70. The first-order chi connectivity index (χ1) is 11.2. The number of anilines is 1. The number of fused-ring (bicyclic) bond motifs is 1. The Kier molecular flexibility index (Phi) is 7.26. The zero-order valence-electron chi connectivity index (χ0n) is 13.3. The monoisotopic (exact) mass is 457 g/mol. The molecular weight excluding hydrogens is 437 g/mol. The lowest BCUT2D eigenvalue weighted by Gasteiger charge is -2.28. The van der Waals surface area contributed by atoms with Crippen LogP contribution in [0.25, 0.3) is 0 Å². The molecule has 0 atom stereocenters. The quantitative estimate of drug-likeness (QED) is 0.421. The average Bonchev–Trinajstić information content (AvgIpc) is 2.56. The maximum absolute atomic E-state index is 6.24. The highest BCUT2D eigenvalue weighted by molar-refractivity contribution is 14.0. The molecule has 0 saturated carbocycles. The molecule has 3 N–H and O–H groups in total. The highest BCUT2D eigenvalue weighted by atomic mass is 127. The Bertz CT molecular complexity index is 693. The highest BCUT2D eigenvalue weighted by Crippen LogP contribution is 2.25. The number of nitrogens with one attached hydrogen (secondary N) is 1. The van der Waals surface area contributed by atoms with E-state index in [2.05, 4.69) is 26.3 Å². The van der Waals surface area contributed by atoms with E-state index < -0.39 is 0 Å². The van der Waals surface area contributed by atoms with Gasteiger partial charge >= 0.3 is 0 Å². The van der Waals surface area contributed by atoms with Crippen molar-refractivity contribution in [2.45, 2.75) is 13.0 Å². The van der Waals surface area contributed by atoms with Crippen LogP contribution < -0.4 is 11.1 Å². The average molecular weight is 458 g/mol. The minimum absolute atomic E-state index is 0. The molecule has 0 spiro atoms. The van der Waals surface area contributed by atoms with E-state index in [1.165, 1.54) is 11.1 Å². The van der Waals surface area contributed by atoms with Crippen molar-refractivity contribution in [1.29, 1.82) is 0 Å². The van der Waals surface area contributed by atoms with E-state index in [1.54, 1.807) is 6.20 Å². The number of halogens is 2. The summed E-state index contributed by atoms with van der Waals surface area (Å²) in [5, 5.41) is 3.86. The molecule has 0 radical (unpaired) electrons. The molecule has 0 amide bonds. The number of aromatic nitrogens is 1. The Morgan fingerprint density at radius 1 is 1.29 bits per heavy atom. The highest BCUT2D eigenvalue weighted by Gasteiger charge is 2.17. The molecule has 0 saturated heterocycles. The fourth-order valence-electron chi connectivity index (χ4n) is 2.73.